The number of hydrogen-bond acceptors (Lipinski definition) is 5. The molecule has 1 atom stereocenters. The van der Waals surface area contributed by atoms with Crippen LogP contribution in [-0.4, -0.2) is 58.7 Å². The molecule has 0 spiro atoms. The third kappa shape index (κ3) is 2.91. The molecule has 0 saturated carbocycles. The molecule has 0 radical (unpaired) electrons. The van der Waals surface area contributed by atoms with E-state index in [-0.39, 0.29) is 18.6 Å². The van der Waals surface area contributed by atoms with Gasteiger partial charge in [-0.05, 0) is 12.5 Å². The zero-order chi connectivity index (χ0) is 12.3. The largest absolute Gasteiger partial charge is 0.391 e. The second-order valence-corrected chi connectivity index (χ2v) is 4.19. The molecule has 2 rings (SSSR count). The number of rotatable bonds is 3. The van der Waals surface area contributed by atoms with Crippen molar-refractivity contribution < 1.29 is 9.90 Å². The van der Waals surface area contributed by atoms with E-state index in [1.54, 1.807) is 35.3 Å². The Bertz CT molecular complexity index is 384. The van der Waals surface area contributed by atoms with E-state index in [2.05, 4.69) is 9.97 Å². The highest BCUT2D eigenvalue weighted by atomic mass is 16.3. The highest BCUT2D eigenvalue weighted by molar-refractivity contribution is 5.81. The van der Waals surface area contributed by atoms with Gasteiger partial charge in [-0.3, -0.25) is 4.79 Å². The number of aromatic nitrogens is 2. The number of aliphatic hydroxyl groups is 1. The first kappa shape index (κ1) is 11.8. The highest BCUT2D eigenvalue weighted by Crippen LogP contribution is 2.10. The van der Waals surface area contributed by atoms with Crippen molar-refractivity contribution in [3.63, 3.8) is 0 Å². The van der Waals surface area contributed by atoms with Crippen LogP contribution < -0.4 is 4.90 Å². The summed E-state index contributed by atoms with van der Waals surface area (Å²) >= 11 is 0. The Hall–Kier alpha value is -1.69. The molecular weight excluding hydrogens is 220 g/mol. The van der Waals surface area contributed by atoms with E-state index in [0.717, 1.165) is 0 Å². The predicted molar refractivity (Wildman–Crippen MR) is 62.5 cm³/mol. The summed E-state index contributed by atoms with van der Waals surface area (Å²) in [6.07, 6.45) is 3.57. The number of anilines is 1. The molecular formula is C11H16N4O2. The Morgan fingerprint density at radius 3 is 2.88 bits per heavy atom. The van der Waals surface area contributed by atoms with Crippen LogP contribution in [0, 0.1) is 0 Å². The molecule has 0 bridgehead atoms. The summed E-state index contributed by atoms with van der Waals surface area (Å²) in [4.78, 5) is 23.4. The number of carbonyl (C=O) groups is 1. The van der Waals surface area contributed by atoms with E-state index >= 15 is 0 Å². The van der Waals surface area contributed by atoms with E-state index in [1.807, 2.05) is 0 Å². The van der Waals surface area contributed by atoms with Crippen LogP contribution in [0.1, 0.15) is 6.42 Å². The van der Waals surface area contributed by atoms with E-state index in [9.17, 15) is 9.90 Å². The zero-order valence-corrected chi connectivity index (χ0v) is 9.78. The number of hydrogen-bond donors (Lipinski definition) is 1. The summed E-state index contributed by atoms with van der Waals surface area (Å²) in [6.45, 7) is 1.29. The molecule has 1 aliphatic rings. The summed E-state index contributed by atoms with van der Waals surface area (Å²) in [5.41, 5.74) is 0. The summed E-state index contributed by atoms with van der Waals surface area (Å²) in [5.74, 6) is 0.525. The van der Waals surface area contributed by atoms with E-state index in [4.69, 9.17) is 0 Å². The lowest BCUT2D eigenvalue weighted by Gasteiger charge is -2.21. The van der Waals surface area contributed by atoms with Gasteiger partial charge in [-0.25, -0.2) is 9.97 Å². The van der Waals surface area contributed by atoms with Gasteiger partial charge in [0.15, 0.2) is 0 Å². The van der Waals surface area contributed by atoms with Crippen molar-refractivity contribution >= 4 is 11.9 Å². The average Bonchev–Trinajstić information content (AvgIpc) is 2.77. The van der Waals surface area contributed by atoms with Crippen molar-refractivity contribution in [2.75, 3.05) is 31.6 Å². The fourth-order valence-corrected chi connectivity index (χ4v) is 1.83. The van der Waals surface area contributed by atoms with Crippen LogP contribution in [-0.2, 0) is 4.79 Å². The normalized spacial score (nSPS) is 19.4. The topological polar surface area (TPSA) is 69.6 Å². The third-order valence-corrected chi connectivity index (χ3v) is 2.78. The van der Waals surface area contributed by atoms with Crippen molar-refractivity contribution in [2.24, 2.45) is 0 Å². The molecule has 92 valence electrons. The first-order valence-corrected chi connectivity index (χ1v) is 5.61. The number of likely N-dealkylation sites (N-methyl/N-ethyl adjacent to an activating group) is 1. The first-order chi connectivity index (χ1) is 8.16. The maximum atomic E-state index is 11.9. The van der Waals surface area contributed by atoms with Gasteiger partial charge in [-0.15, -0.1) is 0 Å². The van der Waals surface area contributed by atoms with Crippen molar-refractivity contribution in [2.45, 2.75) is 12.5 Å². The van der Waals surface area contributed by atoms with Crippen LogP contribution in [0.2, 0.25) is 0 Å². The van der Waals surface area contributed by atoms with Crippen molar-refractivity contribution in [1.82, 2.24) is 14.9 Å². The number of β-amino-alcohol motifs (C(OH)–C–C–N with tert-alkyl or cyclic N) is 1. The lowest BCUT2D eigenvalue weighted by Crippen LogP contribution is -2.38. The van der Waals surface area contributed by atoms with Crippen molar-refractivity contribution in [3.8, 4) is 0 Å². The lowest BCUT2D eigenvalue weighted by molar-refractivity contribution is -0.129. The molecule has 1 aromatic heterocycles. The smallest absolute Gasteiger partial charge is 0.242 e. The molecule has 6 heteroatoms. The Labute approximate surface area is 99.9 Å². The fourth-order valence-electron chi connectivity index (χ4n) is 1.83. The number of nitrogens with zero attached hydrogens (tertiary/aromatic N) is 4. The number of amides is 1. The van der Waals surface area contributed by atoms with Gasteiger partial charge in [-0.2, -0.15) is 0 Å². The minimum absolute atomic E-state index is 0.00324. The molecule has 0 aliphatic carbocycles. The van der Waals surface area contributed by atoms with E-state index < -0.39 is 0 Å². The monoisotopic (exact) mass is 236 g/mol. The molecule has 17 heavy (non-hydrogen) atoms. The van der Waals surface area contributed by atoms with Gasteiger partial charge in [0.05, 0.1) is 12.6 Å². The van der Waals surface area contributed by atoms with Gasteiger partial charge in [0.2, 0.25) is 11.9 Å². The second-order valence-electron chi connectivity index (χ2n) is 4.19. The predicted octanol–water partition coefficient (Wildman–Crippen LogP) is -0.494. The van der Waals surface area contributed by atoms with Crippen LogP contribution >= 0.6 is 0 Å². The van der Waals surface area contributed by atoms with Gasteiger partial charge in [-0.1, -0.05) is 0 Å². The van der Waals surface area contributed by atoms with E-state index in [0.29, 0.717) is 25.5 Å². The number of carbonyl (C=O) groups excluding carboxylic acids is 1. The van der Waals surface area contributed by atoms with Crippen LogP contribution in [0.3, 0.4) is 0 Å². The fraction of sp³-hybridized carbons (Fsp3) is 0.545. The molecule has 6 nitrogen and oxygen atoms in total. The molecule has 2 heterocycles. The molecule has 1 fully saturated rings. The number of aliphatic hydroxyl groups excluding tert-OH is 1. The Morgan fingerprint density at radius 2 is 2.29 bits per heavy atom. The van der Waals surface area contributed by atoms with Crippen LogP contribution in [0.5, 0.6) is 0 Å². The molecule has 1 N–H and O–H groups in total. The summed E-state index contributed by atoms with van der Waals surface area (Å²) in [5, 5.41) is 9.37. The van der Waals surface area contributed by atoms with Gasteiger partial charge in [0, 0.05) is 32.5 Å². The standard InChI is InChI=1S/C11H16N4O2/c1-14(11-12-4-2-5-13-11)8-10(17)15-6-3-9(16)7-15/h2,4-5,9,16H,3,6-8H2,1H3. The van der Waals surface area contributed by atoms with Gasteiger partial charge in [0.25, 0.3) is 0 Å². The minimum Gasteiger partial charge on any atom is -0.391 e. The highest BCUT2D eigenvalue weighted by Gasteiger charge is 2.25. The van der Waals surface area contributed by atoms with Crippen molar-refractivity contribution in [1.29, 1.82) is 0 Å². The van der Waals surface area contributed by atoms with Gasteiger partial charge < -0.3 is 14.9 Å². The van der Waals surface area contributed by atoms with Crippen LogP contribution in [0.25, 0.3) is 0 Å². The Kier molecular flexibility index (Phi) is 3.53. The molecule has 0 aromatic carbocycles. The van der Waals surface area contributed by atoms with Crippen LogP contribution in [0.15, 0.2) is 18.5 Å². The van der Waals surface area contributed by atoms with Crippen molar-refractivity contribution in [3.05, 3.63) is 18.5 Å². The van der Waals surface area contributed by atoms with Crippen LogP contribution in [0.4, 0.5) is 5.95 Å². The quantitative estimate of drug-likeness (QED) is 0.766. The van der Waals surface area contributed by atoms with Gasteiger partial charge in [0.1, 0.15) is 0 Å². The summed E-state index contributed by atoms with van der Waals surface area (Å²) in [6, 6.07) is 1.73. The molecule has 1 unspecified atom stereocenters. The molecule has 1 aromatic rings. The maximum Gasteiger partial charge on any atom is 0.242 e. The molecule has 1 amide bonds. The number of likely N-dealkylation sites (tertiary alicyclic amines) is 1. The Morgan fingerprint density at radius 1 is 1.59 bits per heavy atom. The molecule has 1 aliphatic heterocycles. The lowest BCUT2D eigenvalue weighted by atomic mass is 10.3. The summed E-state index contributed by atoms with van der Waals surface area (Å²) < 4.78 is 0. The molecule has 1 saturated heterocycles. The minimum atomic E-state index is -0.378. The third-order valence-electron chi connectivity index (χ3n) is 2.78. The average molecular weight is 236 g/mol. The van der Waals surface area contributed by atoms with Gasteiger partial charge >= 0.3 is 0 Å². The first-order valence-electron chi connectivity index (χ1n) is 5.61. The SMILES string of the molecule is CN(CC(=O)N1CCC(O)C1)c1ncccn1. The van der Waals surface area contributed by atoms with E-state index in [1.165, 1.54) is 0 Å². The zero-order valence-electron chi connectivity index (χ0n) is 9.78. The maximum absolute atomic E-state index is 11.9. The summed E-state index contributed by atoms with van der Waals surface area (Å²) in [7, 11) is 1.78. The Balaban J connectivity index is 1.91. The second kappa shape index (κ2) is 5.09.